The molecule has 0 fully saturated rings. The molecule has 0 saturated carbocycles. The zero-order chi connectivity index (χ0) is 21.8. The van der Waals surface area contributed by atoms with Crippen molar-refractivity contribution in [1.29, 1.82) is 0 Å². The van der Waals surface area contributed by atoms with E-state index >= 15 is 0 Å². The summed E-state index contributed by atoms with van der Waals surface area (Å²) < 4.78 is 21.9. The van der Waals surface area contributed by atoms with Crippen molar-refractivity contribution in [1.82, 2.24) is 16.0 Å². The predicted molar refractivity (Wildman–Crippen MR) is 109 cm³/mol. The van der Waals surface area contributed by atoms with E-state index in [0.29, 0.717) is 41.8 Å². The Labute approximate surface area is 178 Å². The lowest BCUT2D eigenvalue weighted by molar-refractivity contribution is 0.0843. The van der Waals surface area contributed by atoms with E-state index in [1.807, 2.05) is 6.92 Å². The zero-order valence-electron chi connectivity index (χ0n) is 17.1. The van der Waals surface area contributed by atoms with Crippen LogP contribution < -0.4 is 25.1 Å². The van der Waals surface area contributed by atoms with E-state index in [2.05, 4.69) is 16.0 Å². The van der Waals surface area contributed by atoms with Crippen molar-refractivity contribution in [3.63, 3.8) is 0 Å². The van der Waals surface area contributed by atoms with Crippen molar-refractivity contribution in [3.05, 3.63) is 70.6 Å². The van der Waals surface area contributed by atoms with Gasteiger partial charge in [-0.1, -0.05) is 17.3 Å². The van der Waals surface area contributed by atoms with Crippen molar-refractivity contribution in [2.45, 2.75) is 20.5 Å². The van der Waals surface area contributed by atoms with Gasteiger partial charge in [-0.25, -0.2) is 0 Å². The number of hydrogen-bond donors (Lipinski definition) is 2. The third-order valence-electron chi connectivity index (χ3n) is 4.78. The van der Waals surface area contributed by atoms with Crippen LogP contribution in [0.1, 0.15) is 37.7 Å². The monoisotopic (exact) mass is 423 g/mol. The highest BCUT2D eigenvalue weighted by molar-refractivity contribution is 6.00. The number of carbonyl (C=O) groups is 2. The van der Waals surface area contributed by atoms with Gasteiger partial charge < -0.3 is 18.7 Å². The van der Waals surface area contributed by atoms with Crippen LogP contribution in [0.25, 0.3) is 0 Å². The summed E-state index contributed by atoms with van der Waals surface area (Å²) in [6.45, 7) is 4.70. The Bertz CT molecular complexity index is 1100. The predicted octanol–water partition coefficient (Wildman–Crippen LogP) is 2.72. The summed E-state index contributed by atoms with van der Waals surface area (Å²) in [4.78, 5) is 25.1. The fourth-order valence-corrected chi connectivity index (χ4v) is 3.08. The molecule has 2 amide bonds. The number of nitrogens with zero attached hydrogens (tertiary/aromatic N) is 1. The second-order valence-corrected chi connectivity index (χ2v) is 6.85. The fourth-order valence-electron chi connectivity index (χ4n) is 3.08. The van der Waals surface area contributed by atoms with Gasteiger partial charge in [-0.3, -0.25) is 20.4 Å². The minimum absolute atomic E-state index is 0.203. The molecule has 9 nitrogen and oxygen atoms in total. The maximum Gasteiger partial charge on any atom is 0.273 e. The molecule has 0 spiro atoms. The quantitative estimate of drug-likeness (QED) is 0.607. The van der Waals surface area contributed by atoms with Crippen LogP contribution in [0.5, 0.6) is 17.2 Å². The first-order valence-electron chi connectivity index (χ1n) is 9.67. The molecule has 9 heteroatoms. The van der Waals surface area contributed by atoms with Crippen LogP contribution in [0, 0.1) is 13.8 Å². The molecule has 0 unspecified atom stereocenters. The molecule has 1 aliphatic rings. The van der Waals surface area contributed by atoms with E-state index in [4.69, 9.17) is 18.7 Å². The van der Waals surface area contributed by atoms with Gasteiger partial charge >= 0.3 is 0 Å². The molecule has 31 heavy (non-hydrogen) atoms. The molecule has 0 saturated heterocycles. The Kier molecular flexibility index (Phi) is 5.74. The molecule has 0 bridgehead atoms. The smallest absolute Gasteiger partial charge is 0.273 e. The molecule has 160 valence electrons. The number of amides is 2. The summed E-state index contributed by atoms with van der Waals surface area (Å²) in [6.07, 6.45) is 0. The second kappa shape index (κ2) is 8.78. The van der Waals surface area contributed by atoms with Gasteiger partial charge in [-0.05, 0) is 44.2 Å². The molecule has 2 N–H and O–H groups in total. The largest absolute Gasteiger partial charge is 0.488 e. The van der Waals surface area contributed by atoms with E-state index in [9.17, 15) is 9.59 Å². The first kappa shape index (κ1) is 20.3. The Balaban J connectivity index is 1.40. The minimum Gasteiger partial charge on any atom is -0.488 e. The van der Waals surface area contributed by atoms with Crippen LogP contribution in [-0.4, -0.2) is 30.2 Å². The van der Waals surface area contributed by atoms with E-state index in [1.54, 1.807) is 49.4 Å². The summed E-state index contributed by atoms with van der Waals surface area (Å²) in [5.41, 5.74) is 6.97. The average Bonchev–Trinajstić information content (AvgIpc) is 3.12. The zero-order valence-corrected chi connectivity index (χ0v) is 17.1. The van der Waals surface area contributed by atoms with Crippen LogP contribution >= 0.6 is 0 Å². The number of rotatable bonds is 5. The lowest BCUT2D eigenvalue weighted by Gasteiger charge is -2.18. The number of aromatic nitrogens is 1. The number of ether oxygens (including phenoxy) is 3. The van der Waals surface area contributed by atoms with Gasteiger partial charge in [0.25, 0.3) is 11.8 Å². The maximum atomic E-state index is 12.6. The molecular formula is C22H21N3O6. The summed E-state index contributed by atoms with van der Waals surface area (Å²) in [6, 6.07) is 11.6. The van der Waals surface area contributed by atoms with Crippen molar-refractivity contribution >= 4 is 11.8 Å². The number of aryl methyl sites for hydroxylation is 2. The lowest BCUT2D eigenvalue weighted by Crippen LogP contribution is -2.41. The lowest BCUT2D eigenvalue weighted by atomic mass is 10.1. The summed E-state index contributed by atoms with van der Waals surface area (Å²) in [5, 5.41) is 3.89. The van der Waals surface area contributed by atoms with Crippen molar-refractivity contribution in [2.24, 2.45) is 0 Å². The summed E-state index contributed by atoms with van der Waals surface area (Å²) >= 11 is 0. The number of fused-ring (bicyclic) bond motifs is 1. The standard InChI is InChI=1S/C22H21N3O6/c1-13-17(14(2)31-25-13)12-30-18-6-4-3-5-16(18)22(27)24-23-21(26)15-7-8-19-20(11-15)29-10-9-28-19/h3-8,11H,9-10,12H2,1-2H3,(H,23,26)(H,24,27). The highest BCUT2D eigenvalue weighted by atomic mass is 16.6. The van der Waals surface area contributed by atoms with Gasteiger partial charge in [0.1, 0.15) is 31.3 Å². The average molecular weight is 423 g/mol. The molecule has 0 radical (unpaired) electrons. The van der Waals surface area contributed by atoms with E-state index in [1.165, 1.54) is 0 Å². The number of carbonyl (C=O) groups excluding carboxylic acids is 2. The normalized spacial score (nSPS) is 12.2. The van der Waals surface area contributed by atoms with Gasteiger partial charge in [0, 0.05) is 5.56 Å². The molecule has 0 aliphatic carbocycles. The van der Waals surface area contributed by atoms with Crippen LogP contribution in [0.15, 0.2) is 47.0 Å². The van der Waals surface area contributed by atoms with Crippen LogP contribution in [0.2, 0.25) is 0 Å². The number of hydrazine groups is 1. The molecule has 1 aromatic heterocycles. The molecule has 1 aliphatic heterocycles. The van der Waals surface area contributed by atoms with Gasteiger partial charge in [0.15, 0.2) is 11.5 Å². The third kappa shape index (κ3) is 4.45. The van der Waals surface area contributed by atoms with Gasteiger partial charge in [0.05, 0.1) is 16.8 Å². The van der Waals surface area contributed by atoms with Crippen LogP contribution in [0.3, 0.4) is 0 Å². The molecule has 2 aromatic carbocycles. The molecule has 0 atom stereocenters. The van der Waals surface area contributed by atoms with E-state index in [0.717, 1.165) is 11.3 Å². The van der Waals surface area contributed by atoms with Crippen molar-refractivity contribution in [2.75, 3.05) is 13.2 Å². The van der Waals surface area contributed by atoms with Gasteiger partial charge in [-0.2, -0.15) is 0 Å². The van der Waals surface area contributed by atoms with Gasteiger partial charge in [0.2, 0.25) is 0 Å². The first-order valence-corrected chi connectivity index (χ1v) is 9.67. The highest BCUT2D eigenvalue weighted by Gasteiger charge is 2.18. The maximum absolute atomic E-state index is 12.6. The Morgan fingerprint density at radius 3 is 2.52 bits per heavy atom. The highest BCUT2D eigenvalue weighted by Crippen LogP contribution is 2.30. The fraction of sp³-hybridized carbons (Fsp3) is 0.227. The minimum atomic E-state index is -0.514. The Morgan fingerprint density at radius 2 is 1.74 bits per heavy atom. The van der Waals surface area contributed by atoms with Gasteiger partial charge in [-0.15, -0.1) is 0 Å². The van der Waals surface area contributed by atoms with Crippen molar-refractivity contribution < 1.29 is 28.3 Å². The van der Waals surface area contributed by atoms with Crippen LogP contribution in [-0.2, 0) is 6.61 Å². The Morgan fingerprint density at radius 1 is 1.00 bits per heavy atom. The van der Waals surface area contributed by atoms with E-state index in [-0.39, 0.29) is 12.2 Å². The van der Waals surface area contributed by atoms with E-state index < -0.39 is 11.8 Å². The molecular weight excluding hydrogens is 402 g/mol. The molecule has 4 rings (SSSR count). The first-order chi connectivity index (χ1) is 15.0. The summed E-state index contributed by atoms with van der Waals surface area (Å²) in [7, 11) is 0. The summed E-state index contributed by atoms with van der Waals surface area (Å²) in [5.74, 6) is 1.10. The number of hydrogen-bond acceptors (Lipinski definition) is 7. The second-order valence-electron chi connectivity index (χ2n) is 6.85. The van der Waals surface area contributed by atoms with Crippen molar-refractivity contribution in [3.8, 4) is 17.2 Å². The number of nitrogens with one attached hydrogen (secondary N) is 2. The Hall–Kier alpha value is -4.01. The molecule has 2 heterocycles. The van der Waals surface area contributed by atoms with Crippen LogP contribution in [0.4, 0.5) is 0 Å². The third-order valence-corrected chi connectivity index (χ3v) is 4.78. The SMILES string of the molecule is Cc1noc(C)c1COc1ccccc1C(=O)NNC(=O)c1ccc2c(c1)OCCO2. The number of benzene rings is 2. The molecule has 3 aromatic rings. The topological polar surface area (TPSA) is 112 Å². The number of para-hydroxylation sites is 1.